The molecule has 8 nitrogen and oxygen atoms in total. The Bertz CT molecular complexity index is 1400. The molecule has 0 bridgehead atoms. The molecule has 190 valence electrons. The lowest BCUT2D eigenvalue weighted by molar-refractivity contribution is -0.384. The number of ketones is 1. The van der Waals surface area contributed by atoms with Gasteiger partial charge in [-0.05, 0) is 34.2 Å². The Balaban J connectivity index is 1.87. The van der Waals surface area contributed by atoms with E-state index in [1.807, 2.05) is 30.3 Å². The van der Waals surface area contributed by atoms with E-state index in [2.05, 4.69) is 20.8 Å². The second kappa shape index (κ2) is 9.89. The summed E-state index contributed by atoms with van der Waals surface area (Å²) in [6, 6.07) is 19.2. The third-order valence-corrected chi connectivity index (χ3v) is 6.45. The number of aliphatic hydroxyl groups is 1. The van der Waals surface area contributed by atoms with Crippen LogP contribution in [0.25, 0.3) is 5.76 Å². The van der Waals surface area contributed by atoms with Crippen molar-refractivity contribution in [3.05, 3.63) is 111 Å². The Morgan fingerprint density at radius 2 is 1.70 bits per heavy atom. The topological polar surface area (TPSA) is 110 Å². The van der Waals surface area contributed by atoms with Gasteiger partial charge in [-0.3, -0.25) is 19.7 Å². The first-order chi connectivity index (χ1) is 17.5. The van der Waals surface area contributed by atoms with Gasteiger partial charge in [0.1, 0.15) is 11.5 Å². The number of aliphatic hydroxyl groups excluding tert-OH is 1. The van der Waals surface area contributed by atoms with Gasteiger partial charge in [0.15, 0.2) is 0 Å². The van der Waals surface area contributed by atoms with Gasteiger partial charge in [0, 0.05) is 24.2 Å². The molecule has 1 aliphatic rings. The number of amides is 1. The Kier molecular flexibility index (Phi) is 6.85. The molecular formula is C29H28N2O6. The summed E-state index contributed by atoms with van der Waals surface area (Å²) >= 11 is 0. The van der Waals surface area contributed by atoms with Crippen molar-refractivity contribution in [2.45, 2.75) is 38.8 Å². The summed E-state index contributed by atoms with van der Waals surface area (Å²) in [6.07, 6.45) is 0. The molecule has 37 heavy (non-hydrogen) atoms. The zero-order valence-corrected chi connectivity index (χ0v) is 21.1. The quantitative estimate of drug-likeness (QED) is 0.157. The lowest BCUT2D eigenvalue weighted by Crippen LogP contribution is -2.29. The van der Waals surface area contributed by atoms with Crippen LogP contribution in [0, 0.1) is 10.1 Å². The van der Waals surface area contributed by atoms with Gasteiger partial charge in [-0.25, -0.2) is 0 Å². The molecule has 1 atom stereocenters. The number of likely N-dealkylation sites (tertiary alicyclic amines) is 1. The van der Waals surface area contributed by atoms with E-state index in [9.17, 15) is 24.8 Å². The standard InChI is InChI=1S/C29H28N2O6/c1-29(2,3)21-13-11-19(12-14-21)25-24(26(32)20-8-6-9-22(16-20)31(35)36)27(33)28(34)30(25)17-18-7-5-10-23(15-18)37-4/h5-16,25,32H,17H2,1-4H3/b26-24-. The molecule has 4 rings (SSSR count). The summed E-state index contributed by atoms with van der Waals surface area (Å²) in [7, 11) is 1.54. The Labute approximate surface area is 215 Å². The first-order valence-electron chi connectivity index (χ1n) is 11.8. The molecule has 3 aromatic carbocycles. The van der Waals surface area contributed by atoms with E-state index in [0.717, 1.165) is 11.1 Å². The van der Waals surface area contributed by atoms with Crippen molar-refractivity contribution < 1.29 is 24.4 Å². The van der Waals surface area contributed by atoms with Gasteiger partial charge in [-0.15, -0.1) is 0 Å². The van der Waals surface area contributed by atoms with Crippen LogP contribution in [0.3, 0.4) is 0 Å². The molecule has 1 amide bonds. The average molecular weight is 501 g/mol. The number of carbonyl (C=O) groups excluding carboxylic acids is 2. The van der Waals surface area contributed by atoms with Crippen molar-refractivity contribution in [1.29, 1.82) is 0 Å². The number of non-ortho nitro benzene ring substituents is 1. The molecule has 0 saturated carbocycles. The van der Waals surface area contributed by atoms with Gasteiger partial charge in [-0.1, -0.05) is 69.3 Å². The van der Waals surface area contributed by atoms with E-state index in [0.29, 0.717) is 11.3 Å². The lowest BCUT2D eigenvalue weighted by Gasteiger charge is -2.26. The first-order valence-corrected chi connectivity index (χ1v) is 11.8. The summed E-state index contributed by atoms with van der Waals surface area (Å²) in [5.74, 6) is -1.46. The number of ether oxygens (including phenoxy) is 1. The van der Waals surface area contributed by atoms with Crippen LogP contribution in [-0.4, -0.2) is 33.7 Å². The monoisotopic (exact) mass is 500 g/mol. The van der Waals surface area contributed by atoms with Gasteiger partial charge < -0.3 is 14.7 Å². The van der Waals surface area contributed by atoms with Crippen LogP contribution in [0.4, 0.5) is 5.69 Å². The molecule has 0 spiro atoms. The van der Waals surface area contributed by atoms with E-state index in [4.69, 9.17) is 4.74 Å². The molecule has 0 aromatic heterocycles. The van der Waals surface area contributed by atoms with Crippen LogP contribution in [0.5, 0.6) is 5.75 Å². The number of Topliss-reactive ketones (excluding diaryl/α,β-unsaturated/α-hetero) is 1. The van der Waals surface area contributed by atoms with Crippen LogP contribution in [-0.2, 0) is 21.5 Å². The zero-order valence-electron chi connectivity index (χ0n) is 21.1. The number of hydrogen-bond acceptors (Lipinski definition) is 6. The van der Waals surface area contributed by atoms with E-state index < -0.39 is 28.4 Å². The second-order valence-corrected chi connectivity index (χ2v) is 9.96. The minimum Gasteiger partial charge on any atom is -0.507 e. The minimum atomic E-state index is -0.889. The number of nitro benzene ring substituents is 1. The molecule has 3 aromatic rings. The summed E-state index contributed by atoms with van der Waals surface area (Å²) < 4.78 is 5.30. The third kappa shape index (κ3) is 5.09. The highest BCUT2D eigenvalue weighted by Crippen LogP contribution is 2.41. The van der Waals surface area contributed by atoms with E-state index in [1.165, 1.54) is 29.2 Å². The molecule has 1 aliphatic heterocycles. The van der Waals surface area contributed by atoms with Crippen LogP contribution in [0.15, 0.2) is 78.4 Å². The van der Waals surface area contributed by atoms with Crippen molar-refractivity contribution in [2.75, 3.05) is 7.11 Å². The number of hydrogen-bond donors (Lipinski definition) is 1. The molecule has 1 fully saturated rings. The lowest BCUT2D eigenvalue weighted by atomic mass is 9.85. The highest BCUT2D eigenvalue weighted by molar-refractivity contribution is 6.46. The average Bonchev–Trinajstić information content (AvgIpc) is 3.13. The van der Waals surface area contributed by atoms with Gasteiger partial charge in [0.2, 0.25) is 0 Å². The van der Waals surface area contributed by atoms with E-state index in [-0.39, 0.29) is 28.8 Å². The fourth-order valence-corrected chi connectivity index (χ4v) is 4.44. The van der Waals surface area contributed by atoms with Gasteiger partial charge in [0.25, 0.3) is 17.4 Å². The Morgan fingerprint density at radius 3 is 2.32 bits per heavy atom. The van der Waals surface area contributed by atoms with Crippen molar-refractivity contribution in [3.63, 3.8) is 0 Å². The minimum absolute atomic E-state index is 0.0879. The van der Waals surface area contributed by atoms with Crippen LogP contribution < -0.4 is 4.74 Å². The van der Waals surface area contributed by atoms with Crippen molar-refractivity contribution in [2.24, 2.45) is 0 Å². The number of nitrogens with zero attached hydrogens (tertiary/aromatic N) is 2. The van der Waals surface area contributed by atoms with Crippen LogP contribution in [0.1, 0.15) is 49.1 Å². The fraction of sp³-hybridized carbons (Fsp3) is 0.241. The van der Waals surface area contributed by atoms with Crippen LogP contribution >= 0.6 is 0 Å². The van der Waals surface area contributed by atoms with Gasteiger partial charge in [-0.2, -0.15) is 0 Å². The smallest absolute Gasteiger partial charge is 0.295 e. The number of carbonyl (C=O) groups is 2. The maximum absolute atomic E-state index is 13.3. The largest absolute Gasteiger partial charge is 0.507 e. The summed E-state index contributed by atoms with van der Waals surface area (Å²) in [5, 5.41) is 22.5. The highest BCUT2D eigenvalue weighted by atomic mass is 16.6. The number of rotatable bonds is 6. The molecular weight excluding hydrogens is 472 g/mol. The van der Waals surface area contributed by atoms with Gasteiger partial charge >= 0.3 is 0 Å². The first kappa shape index (κ1) is 25.6. The number of nitro groups is 1. The zero-order chi connectivity index (χ0) is 26.9. The number of methoxy groups -OCH3 is 1. The number of benzene rings is 3. The molecule has 1 heterocycles. The third-order valence-electron chi connectivity index (χ3n) is 6.45. The Morgan fingerprint density at radius 1 is 1.03 bits per heavy atom. The van der Waals surface area contributed by atoms with E-state index in [1.54, 1.807) is 25.3 Å². The van der Waals surface area contributed by atoms with Crippen molar-refractivity contribution in [3.8, 4) is 5.75 Å². The molecule has 1 unspecified atom stereocenters. The maximum atomic E-state index is 13.3. The maximum Gasteiger partial charge on any atom is 0.295 e. The van der Waals surface area contributed by atoms with Gasteiger partial charge in [0.05, 0.1) is 23.6 Å². The second-order valence-electron chi connectivity index (χ2n) is 9.96. The predicted octanol–water partition coefficient (Wildman–Crippen LogP) is 5.52. The molecule has 0 aliphatic carbocycles. The summed E-state index contributed by atoms with van der Waals surface area (Å²) in [6.45, 7) is 6.34. The summed E-state index contributed by atoms with van der Waals surface area (Å²) in [5.41, 5.74) is 2.08. The molecule has 0 radical (unpaired) electrons. The van der Waals surface area contributed by atoms with Crippen LogP contribution in [0.2, 0.25) is 0 Å². The highest BCUT2D eigenvalue weighted by Gasteiger charge is 2.46. The molecule has 1 N–H and O–H groups in total. The van der Waals surface area contributed by atoms with Crippen molar-refractivity contribution >= 4 is 23.1 Å². The molecule has 8 heteroatoms. The fourth-order valence-electron chi connectivity index (χ4n) is 4.44. The molecule has 1 saturated heterocycles. The Hall–Kier alpha value is -4.46. The summed E-state index contributed by atoms with van der Waals surface area (Å²) in [4.78, 5) is 38.7. The normalized spacial score (nSPS) is 17.2. The predicted molar refractivity (Wildman–Crippen MR) is 139 cm³/mol. The van der Waals surface area contributed by atoms with Crippen molar-refractivity contribution in [1.82, 2.24) is 4.90 Å². The van der Waals surface area contributed by atoms with E-state index >= 15 is 0 Å². The SMILES string of the molecule is COc1cccc(CN2C(=O)C(=O)/C(=C(\O)c3cccc([N+](=O)[O-])c3)C2c2ccc(C(C)(C)C)cc2)c1.